The number of ether oxygens (including phenoxy) is 1. The van der Waals surface area contributed by atoms with Gasteiger partial charge in [-0.2, -0.15) is 0 Å². The quantitative estimate of drug-likeness (QED) is 0.728. The number of amides is 2. The number of carbonyl (C=O) groups is 2. The Kier molecular flexibility index (Phi) is 6.49. The second-order valence-corrected chi connectivity index (χ2v) is 6.11. The van der Waals surface area contributed by atoms with Crippen LogP contribution in [0.25, 0.3) is 0 Å². The highest BCUT2D eigenvalue weighted by molar-refractivity contribution is 5.95. The van der Waals surface area contributed by atoms with Crippen molar-refractivity contribution in [1.29, 1.82) is 0 Å². The predicted octanol–water partition coefficient (Wildman–Crippen LogP) is 1.71. The van der Waals surface area contributed by atoms with Crippen molar-refractivity contribution in [2.24, 2.45) is 5.92 Å². The van der Waals surface area contributed by atoms with Gasteiger partial charge in [0, 0.05) is 13.2 Å². The molecule has 0 aromatic carbocycles. The lowest BCUT2D eigenvalue weighted by Gasteiger charge is -2.40. The Morgan fingerprint density at radius 1 is 1.19 bits per heavy atom. The van der Waals surface area contributed by atoms with Crippen LogP contribution in [0, 0.1) is 5.92 Å². The van der Waals surface area contributed by atoms with Crippen LogP contribution in [0.4, 0.5) is 0 Å². The summed E-state index contributed by atoms with van der Waals surface area (Å²) in [5.41, 5.74) is 0. The minimum atomic E-state index is -0.277. The SMILES string of the molecule is CCCCOCCN1C(=O)CNC(=O)C1C1CCCCC1. The Labute approximate surface area is 127 Å². The number of unbranched alkanes of at least 4 members (excludes halogenated alkanes) is 1. The van der Waals surface area contributed by atoms with Gasteiger partial charge in [-0.05, 0) is 25.2 Å². The maximum Gasteiger partial charge on any atom is 0.243 e. The predicted molar refractivity (Wildman–Crippen MR) is 80.8 cm³/mol. The zero-order chi connectivity index (χ0) is 15.1. The smallest absolute Gasteiger partial charge is 0.243 e. The number of rotatable bonds is 7. The minimum Gasteiger partial charge on any atom is -0.380 e. The molecule has 2 aliphatic rings. The molecule has 0 aromatic heterocycles. The van der Waals surface area contributed by atoms with Gasteiger partial charge in [-0.15, -0.1) is 0 Å². The molecular weight excluding hydrogens is 268 g/mol. The summed E-state index contributed by atoms with van der Waals surface area (Å²) in [6, 6.07) is -0.277. The molecule has 0 aromatic rings. The number of hydrogen-bond acceptors (Lipinski definition) is 3. The summed E-state index contributed by atoms with van der Waals surface area (Å²) in [5.74, 6) is 0.373. The molecule has 2 amide bonds. The first-order chi connectivity index (χ1) is 10.2. The van der Waals surface area contributed by atoms with E-state index >= 15 is 0 Å². The summed E-state index contributed by atoms with van der Waals surface area (Å²) in [7, 11) is 0. The molecule has 0 bridgehead atoms. The lowest BCUT2D eigenvalue weighted by molar-refractivity contribution is -0.149. The average molecular weight is 296 g/mol. The van der Waals surface area contributed by atoms with Crippen molar-refractivity contribution >= 4 is 11.8 Å². The molecule has 120 valence electrons. The van der Waals surface area contributed by atoms with E-state index in [0.29, 0.717) is 19.1 Å². The van der Waals surface area contributed by atoms with Crippen LogP contribution in [0.2, 0.25) is 0 Å². The normalized spacial score (nSPS) is 24.2. The van der Waals surface area contributed by atoms with E-state index in [4.69, 9.17) is 4.74 Å². The molecule has 1 saturated carbocycles. The molecule has 1 saturated heterocycles. The van der Waals surface area contributed by atoms with E-state index in [1.54, 1.807) is 4.90 Å². The number of piperazine rings is 1. The van der Waals surface area contributed by atoms with Gasteiger partial charge in [0.15, 0.2) is 0 Å². The first-order valence-electron chi connectivity index (χ1n) is 8.39. The topological polar surface area (TPSA) is 58.6 Å². The molecular formula is C16H28N2O3. The molecule has 0 spiro atoms. The second kappa shape index (κ2) is 8.37. The fourth-order valence-electron chi connectivity index (χ4n) is 3.36. The largest absolute Gasteiger partial charge is 0.380 e. The first-order valence-corrected chi connectivity index (χ1v) is 8.39. The van der Waals surface area contributed by atoms with Crippen LogP contribution in [0.5, 0.6) is 0 Å². The van der Waals surface area contributed by atoms with Gasteiger partial charge in [0.1, 0.15) is 6.04 Å². The highest BCUT2D eigenvalue weighted by Crippen LogP contribution is 2.30. The van der Waals surface area contributed by atoms with Crippen LogP contribution in [-0.2, 0) is 14.3 Å². The van der Waals surface area contributed by atoms with Crippen LogP contribution < -0.4 is 5.32 Å². The molecule has 21 heavy (non-hydrogen) atoms. The lowest BCUT2D eigenvalue weighted by Crippen LogP contribution is -2.61. The Bertz CT molecular complexity index is 353. The molecule has 5 heteroatoms. The molecule has 1 heterocycles. The maximum absolute atomic E-state index is 12.2. The van der Waals surface area contributed by atoms with E-state index in [1.165, 1.54) is 19.3 Å². The summed E-state index contributed by atoms with van der Waals surface area (Å²) in [5, 5.41) is 2.75. The summed E-state index contributed by atoms with van der Waals surface area (Å²) >= 11 is 0. The van der Waals surface area contributed by atoms with Crippen molar-refractivity contribution in [2.75, 3.05) is 26.3 Å². The molecule has 1 aliphatic carbocycles. The lowest BCUT2D eigenvalue weighted by atomic mass is 9.82. The van der Waals surface area contributed by atoms with Gasteiger partial charge in [-0.3, -0.25) is 9.59 Å². The molecule has 1 atom stereocenters. The molecule has 2 rings (SSSR count). The van der Waals surface area contributed by atoms with E-state index in [-0.39, 0.29) is 24.4 Å². The second-order valence-electron chi connectivity index (χ2n) is 6.11. The molecule has 2 fully saturated rings. The van der Waals surface area contributed by atoms with Crippen molar-refractivity contribution < 1.29 is 14.3 Å². The molecule has 5 nitrogen and oxygen atoms in total. The van der Waals surface area contributed by atoms with Crippen molar-refractivity contribution in [3.05, 3.63) is 0 Å². The van der Waals surface area contributed by atoms with E-state index < -0.39 is 0 Å². The minimum absolute atomic E-state index is 0.0232. The Morgan fingerprint density at radius 3 is 2.67 bits per heavy atom. The number of nitrogens with zero attached hydrogens (tertiary/aromatic N) is 1. The average Bonchev–Trinajstić information content (AvgIpc) is 2.51. The summed E-state index contributed by atoms with van der Waals surface area (Å²) in [4.78, 5) is 26.2. The molecule has 1 unspecified atom stereocenters. The summed E-state index contributed by atoms with van der Waals surface area (Å²) < 4.78 is 5.57. The number of nitrogens with one attached hydrogen (secondary N) is 1. The van der Waals surface area contributed by atoms with Gasteiger partial charge in [0.2, 0.25) is 11.8 Å². The zero-order valence-corrected chi connectivity index (χ0v) is 13.1. The zero-order valence-electron chi connectivity index (χ0n) is 13.1. The van der Waals surface area contributed by atoms with Crippen molar-refractivity contribution in [2.45, 2.75) is 57.9 Å². The van der Waals surface area contributed by atoms with Gasteiger partial charge in [-0.25, -0.2) is 0 Å². The number of carbonyl (C=O) groups excluding carboxylic acids is 2. The van der Waals surface area contributed by atoms with Crippen LogP contribution in [0.15, 0.2) is 0 Å². The first kappa shape index (κ1) is 16.3. The standard InChI is InChI=1S/C16H28N2O3/c1-2-3-10-21-11-9-18-14(19)12-17-16(20)15(18)13-7-5-4-6-8-13/h13,15H,2-12H2,1H3,(H,17,20). The Morgan fingerprint density at radius 2 is 1.95 bits per heavy atom. The van der Waals surface area contributed by atoms with Gasteiger partial charge < -0.3 is 15.0 Å². The van der Waals surface area contributed by atoms with Crippen molar-refractivity contribution in [1.82, 2.24) is 10.2 Å². The van der Waals surface area contributed by atoms with Gasteiger partial charge in [-0.1, -0.05) is 32.6 Å². The maximum atomic E-state index is 12.2. The third-order valence-corrected chi connectivity index (χ3v) is 4.55. The van der Waals surface area contributed by atoms with Crippen LogP contribution in [0.1, 0.15) is 51.9 Å². The Hall–Kier alpha value is -1.10. The third-order valence-electron chi connectivity index (χ3n) is 4.55. The van der Waals surface area contributed by atoms with Crippen LogP contribution in [0.3, 0.4) is 0 Å². The molecule has 1 aliphatic heterocycles. The van der Waals surface area contributed by atoms with Crippen LogP contribution in [-0.4, -0.2) is 49.1 Å². The van der Waals surface area contributed by atoms with Gasteiger partial charge in [0.05, 0.1) is 13.2 Å². The Balaban J connectivity index is 1.91. The van der Waals surface area contributed by atoms with Crippen LogP contribution >= 0.6 is 0 Å². The third kappa shape index (κ3) is 4.43. The monoisotopic (exact) mass is 296 g/mol. The highest BCUT2D eigenvalue weighted by Gasteiger charge is 2.39. The van der Waals surface area contributed by atoms with Crippen molar-refractivity contribution in [3.63, 3.8) is 0 Å². The molecule has 0 radical (unpaired) electrons. The summed E-state index contributed by atoms with van der Waals surface area (Å²) in [6.45, 7) is 4.07. The fourth-order valence-corrected chi connectivity index (χ4v) is 3.36. The summed E-state index contributed by atoms with van der Waals surface area (Å²) in [6.07, 6.45) is 7.85. The van der Waals surface area contributed by atoms with Gasteiger partial charge in [0.25, 0.3) is 0 Å². The van der Waals surface area contributed by atoms with E-state index in [9.17, 15) is 9.59 Å². The van der Waals surface area contributed by atoms with Gasteiger partial charge >= 0.3 is 0 Å². The van der Waals surface area contributed by atoms with E-state index in [1.807, 2.05) is 0 Å². The molecule has 1 N–H and O–H groups in total. The number of hydrogen-bond donors (Lipinski definition) is 1. The van der Waals surface area contributed by atoms with E-state index in [0.717, 1.165) is 32.3 Å². The van der Waals surface area contributed by atoms with E-state index in [2.05, 4.69) is 12.2 Å². The highest BCUT2D eigenvalue weighted by atomic mass is 16.5. The fraction of sp³-hybridized carbons (Fsp3) is 0.875. The van der Waals surface area contributed by atoms with Crippen molar-refractivity contribution in [3.8, 4) is 0 Å².